The van der Waals surface area contributed by atoms with Gasteiger partial charge in [0.25, 0.3) is 5.22 Å². The van der Waals surface area contributed by atoms with Gasteiger partial charge >= 0.3 is 0 Å². The summed E-state index contributed by atoms with van der Waals surface area (Å²) in [6, 6.07) is 22.1. The zero-order valence-corrected chi connectivity index (χ0v) is 12.7. The van der Waals surface area contributed by atoms with E-state index in [1.54, 1.807) is 0 Å². The summed E-state index contributed by atoms with van der Waals surface area (Å²) < 4.78 is 5.94. The van der Waals surface area contributed by atoms with Crippen molar-refractivity contribution in [2.24, 2.45) is 0 Å². The number of nitriles is 1. The molecule has 1 heterocycles. The molecule has 1 aromatic heterocycles. The van der Waals surface area contributed by atoms with Gasteiger partial charge in [0.1, 0.15) is 5.69 Å². The fraction of sp³-hybridized carbons (Fsp3) is 0.111. The molecule has 0 bridgehead atoms. The van der Waals surface area contributed by atoms with E-state index in [-0.39, 0.29) is 0 Å². The Kier molecular flexibility index (Phi) is 4.57. The summed E-state index contributed by atoms with van der Waals surface area (Å²) >= 11 is 1.47. The predicted molar refractivity (Wildman–Crippen MR) is 88.3 cm³/mol. The SMILES string of the molecule is N#CCCSc1nc(-c2ccccc2)c(-c2ccccc2)o1. The van der Waals surface area contributed by atoms with Crippen molar-refractivity contribution in [3.63, 3.8) is 0 Å². The molecule has 0 N–H and O–H groups in total. The second kappa shape index (κ2) is 6.97. The summed E-state index contributed by atoms with van der Waals surface area (Å²) in [6.07, 6.45) is 0.481. The number of thioether (sulfide) groups is 1. The Morgan fingerprint density at radius 3 is 2.23 bits per heavy atom. The molecule has 0 saturated carbocycles. The molecule has 0 saturated heterocycles. The summed E-state index contributed by atoms with van der Waals surface area (Å²) in [5, 5.41) is 9.25. The summed E-state index contributed by atoms with van der Waals surface area (Å²) in [7, 11) is 0. The van der Waals surface area contributed by atoms with Crippen LogP contribution in [0.1, 0.15) is 6.42 Å². The third kappa shape index (κ3) is 3.21. The van der Waals surface area contributed by atoms with E-state index in [9.17, 15) is 0 Å². The molecule has 108 valence electrons. The minimum Gasteiger partial charge on any atom is -0.431 e. The van der Waals surface area contributed by atoms with E-state index >= 15 is 0 Å². The average Bonchev–Trinajstić information content (AvgIpc) is 3.01. The first kappa shape index (κ1) is 14.4. The quantitative estimate of drug-likeness (QED) is 0.491. The van der Waals surface area contributed by atoms with Crippen molar-refractivity contribution < 1.29 is 4.42 Å². The normalized spacial score (nSPS) is 10.3. The Labute approximate surface area is 133 Å². The van der Waals surface area contributed by atoms with Gasteiger partial charge in [0.05, 0.1) is 6.07 Å². The van der Waals surface area contributed by atoms with E-state index in [0.717, 1.165) is 22.6 Å². The molecule has 0 atom stereocenters. The number of benzene rings is 2. The monoisotopic (exact) mass is 306 g/mol. The number of hydrogen-bond donors (Lipinski definition) is 0. The van der Waals surface area contributed by atoms with Gasteiger partial charge in [-0.3, -0.25) is 0 Å². The lowest BCUT2D eigenvalue weighted by Crippen LogP contribution is -1.82. The van der Waals surface area contributed by atoms with Crippen molar-refractivity contribution in [1.29, 1.82) is 5.26 Å². The van der Waals surface area contributed by atoms with Crippen molar-refractivity contribution in [3.8, 4) is 28.7 Å². The van der Waals surface area contributed by atoms with E-state index in [2.05, 4.69) is 11.1 Å². The lowest BCUT2D eigenvalue weighted by molar-refractivity contribution is 0.466. The maximum atomic E-state index is 8.65. The zero-order chi connectivity index (χ0) is 15.2. The molecule has 0 aliphatic carbocycles. The molecule has 0 fully saturated rings. The molecular formula is C18H14N2OS. The van der Waals surface area contributed by atoms with Crippen LogP contribution in [0.4, 0.5) is 0 Å². The minimum atomic E-state index is 0.481. The van der Waals surface area contributed by atoms with Crippen LogP contribution < -0.4 is 0 Å². The van der Waals surface area contributed by atoms with Crippen molar-refractivity contribution in [3.05, 3.63) is 60.7 Å². The Morgan fingerprint density at radius 2 is 1.59 bits per heavy atom. The molecule has 0 aliphatic rings. The highest BCUT2D eigenvalue weighted by molar-refractivity contribution is 7.99. The van der Waals surface area contributed by atoms with E-state index < -0.39 is 0 Å². The Morgan fingerprint density at radius 1 is 0.955 bits per heavy atom. The highest BCUT2D eigenvalue weighted by Gasteiger charge is 2.16. The number of rotatable bonds is 5. The average molecular weight is 306 g/mol. The van der Waals surface area contributed by atoms with Crippen LogP contribution >= 0.6 is 11.8 Å². The first-order valence-electron chi connectivity index (χ1n) is 7.00. The van der Waals surface area contributed by atoms with Gasteiger partial charge in [0.2, 0.25) is 0 Å². The van der Waals surface area contributed by atoms with Gasteiger partial charge in [0, 0.05) is 23.3 Å². The third-order valence-electron chi connectivity index (χ3n) is 3.13. The Hall–Kier alpha value is -2.51. The van der Waals surface area contributed by atoms with Crippen molar-refractivity contribution >= 4 is 11.8 Å². The molecule has 0 radical (unpaired) electrons. The second-order valence-corrected chi connectivity index (χ2v) is 5.69. The van der Waals surface area contributed by atoms with E-state index in [1.807, 2.05) is 60.7 Å². The van der Waals surface area contributed by atoms with Gasteiger partial charge < -0.3 is 4.42 Å². The van der Waals surface area contributed by atoms with Crippen LogP contribution in [-0.4, -0.2) is 10.7 Å². The van der Waals surface area contributed by atoms with E-state index in [4.69, 9.17) is 9.68 Å². The van der Waals surface area contributed by atoms with Crippen molar-refractivity contribution in [2.45, 2.75) is 11.6 Å². The van der Waals surface area contributed by atoms with Crippen molar-refractivity contribution in [1.82, 2.24) is 4.98 Å². The Bertz CT molecular complexity index is 719. The zero-order valence-electron chi connectivity index (χ0n) is 11.9. The summed E-state index contributed by atoms with van der Waals surface area (Å²) in [5.74, 6) is 1.45. The molecule has 0 aliphatic heterocycles. The molecule has 3 aromatic rings. The molecule has 0 unspecified atom stereocenters. The largest absolute Gasteiger partial charge is 0.431 e. The number of nitrogens with zero attached hydrogens (tertiary/aromatic N) is 2. The molecule has 3 nitrogen and oxygen atoms in total. The molecule has 0 amide bonds. The van der Waals surface area contributed by atoms with E-state index in [1.165, 1.54) is 11.8 Å². The lowest BCUT2D eigenvalue weighted by Gasteiger charge is -2.00. The van der Waals surface area contributed by atoms with Crippen LogP contribution in [0.5, 0.6) is 0 Å². The van der Waals surface area contributed by atoms with Crippen LogP contribution in [-0.2, 0) is 0 Å². The Balaban J connectivity index is 2.01. The smallest absolute Gasteiger partial charge is 0.256 e. The van der Waals surface area contributed by atoms with Gasteiger partial charge in [-0.2, -0.15) is 5.26 Å². The number of hydrogen-bond acceptors (Lipinski definition) is 4. The van der Waals surface area contributed by atoms with Gasteiger partial charge in [-0.1, -0.05) is 72.4 Å². The van der Waals surface area contributed by atoms with Gasteiger partial charge in [-0.05, 0) is 0 Å². The molecular weight excluding hydrogens is 292 g/mol. The van der Waals surface area contributed by atoms with E-state index in [0.29, 0.717) is 17.4 Å². The predicted octanol–water partition coefficient (Wildman–Crippen LogP) is 5.01. The van der Waals surface area contributed by atoms with Crippen molar-refractivity contribution in [2.75, 3.05) is 5.75 Å². The number of aromatic nitrogens is 1. The molecule has 22 heavy (non-hydrogen) atoms. The van der Waals surface area contributed by atoms with Crippen LogP contribution in [0.15, 0.2) is 70.3 Å². The lowest BCUT2D eigenvalue weighted by atomic mass is 10.1. The maximum Gasteiger partial charge on any atom is 0.256 e. The minimum absolute atomic E-state index is 0.481. The van der Waals surface area contributed by atoms with Gasteiger partial charge in [-0.15, -0.1) is 0 Å². The van der Waals surface area contributed by atoms with Gasteiger partial charge in [-0.25, -0.2) is 4.98 Å². The maximum absolute atomic E-state index is 8.65. The fourth-order valence-corrected chi connectivity index (χ4v) is 2.79. The van der Waals surface area contributed by atoms with Crippen LogP contribution in [0.25, 0.3) is 22.6 Å². The topological polar surface area (TPSA) is 49.8 Å². The van der Waals surface area contributed by atoms with Crippen LogP contribution in [0.2, 0.25) is 0 Å². The molecule has 3 rings (SSSR count). The summed E-state index contributed by atoms with van der Waals surface area (Å²) in [6.45, 7) is 0. The number of oxazole rings is 1. The molecule has 2 aromatic carbocycles. The highest BCUT2D eigenvalue weighted by atomic mass is 32.2. The summed E-state index contributed by atoms with van der Waals surface area (Å²) in [5.41, 5.74) is 2.87. The highest BCUT2D eigenvalue weighted by Crippen LogP contribution is 2.35. The van der Waals surface area contributed by atoms with Crippen LogP contribution in [0.3, 0.4) is 0 Å². The molecule has 0 spiro atoms. The standard InChI is InChI=1S/C18H14N2OS/c19-12-7-13-22-18-20-16(14-8-3-1-4-9-14)17(21-18)15-10-5-2-6-11-15/h1-6,8-11H,7,13H2. The van der Waals surface area contributed by atoms with Gasteiger partial charge in [0.15, 0.2) is 5.76 Å². The van der Waals surface area contributed by atoms with Crippen LogP contribution in [0, 0.1) is 11.3 Å². The molecule has 4 heteroatoms. The fourth-order valence-electron chi connectivity index (χ4n) is 2.12. The second-order valence-electron chi connectivity index (χ2n) is 4.65. The first-order chi connectivity index (χ1) is 10.9. The summed E-state index contributed by atoms with van der Waals surface area (Å²) in [4.78, 5) is 4.62. The first-order valence-corrected chi connectivity index (χ1v) is 7.98. The third-order valence-corrected chi connectivity index (χ3v) is 3.96.